The van der Waals surface area contributed by atoms with Gasteiger partial charge in [-0.05, 0) is 26.8 Å². The van der Waals surface area contributed by atoms with Crippen molar-refractivity contribution in [3.8, 4) is 0 Å². The third kappa shape index (κ3) is 8.32. The fraction of sp³-hybridized carbons (Fsp3) is 0.800. The predicted octanol–water partition coefficient (Wildman–Crippen LogP) is 0.936. The SMILES string of the molecule is CCCN(CC(=O)OC(C)C)CC(N)=S. The van der Waals surface area contributed by atoms with E-state index in [1.54, 1.807) is 0 Å². The van der Waals surface area contributed by atoms with Gasteiger partial charge in [-0.1, -0.05) is 19.1 Å². The van der Waals surface area contributed by atoms with Gasteiger partial charge in [-0.3, -0.25) is 9.69 Å². The van der Waals surface area contributed by atoms with Gasteiger partial charge in [-0.25, -0.2) is 0 Å². The smallest absolute Gasteiger partial charge is 0.320 e. The average molecular weight is 232 g/mol. The Morgan fingerprint density at radius 2 is 2.07 bits per heavy atom. The Kier molecular flexibility index (Phi) is 7.25. The van der Waals surface area contributed by atoms with E-state index in [1.807, 2.05) is 25.7 Å². The van der Waals surface area contributed by atoms with Crippen molar-refractivity contribution in [2.45, 2.75) is 33.3 Å². The lowest BCUT2D eigenvalue weighted by Gasteiger charge is -2.20. The van der Waals surface area contributed by atoms with Crippen LogP contribution in [0.1, 0.15) is 27.2 Å². The number of thiocarbonyl (C=S) groups is 1. The highest BCUT2D eigenvalue weighted by Gasteiger charge is 2.12. The van der Waals surface area contributed by atoms with Gasteiger partial charge in [-0.2, -0.15) is 0 Å². The van der Waals surface area contributed by atoms with Crippen LogP contribution in [0.3, 0.4) is 0 Å². The number of carbonyl (C=O) groups is 1. The Morgan fingerprint density at radius 3 is 2.47 bits per heavy atom. The summed E-state index contributed by atoms with van der Waals surface area (Å²) in [6.07, 6.45) is 0.878. The number of hydrogen-bond donors (Lipinski definition) is 1. The number of carbonyl (C=O) groups excluding carboxylic acids is 1. The molecule has 2 N–H and O–H groups in total. The van der Waals surface area contributed by atoms with Crippen LogP contribution in [-0.2, 0) is 9.53 Å². The van der Waals surface area contributed by atoms with Gasteiger partial charge >= 0.3 is 5.97 Å². The van der Waals surface area contributed by atoms with Crippen molar-refractivity contribution in [3.63, 3.8) is 0 Å². The Bertz CT molecular complexity index is 219. The fourth-order valence-electron chi connectivity index (χ4n) is 1.23. The largest absolute Gasteiger partial charge is 0.462 e. The molecule has 0 unspecified atom stereocenters. The summed E-state index contributed by atoms with van der Waals surface area (Å²) in [6, 6.07) is 0. The predicted molar refractivity (Wildman–Crippen MR) is 64.7 cm³/mol. The fourth-order valence-corrected chi connectivity index (χ4v) is 1.42. The number of nitrogens with two attached hydrogens (primary N) is 1. The van der Waals surface area contributed by atoms with Crippen molar-refractivity contribution < 1.29 is 9.53 Å². The monoisotopic (exact) mass is 232 g/mol. The number of nitrogens with zero attached hydrogens (tertiary/aromatic N) is 1. The first-order valence-electron chi connectivity index (χ1n) is 5.15. The van der Waals surface area contributed by atoms with Crippen molar-refractivity contribution in [1.29, 1.82) is 0 Å². The molecule has 15 heavy (non-hydrogen) atoms. The van der Waals surface area contributed by atoms with Crippen LogP contribution < -0.4 is 5.73 Å². The minimum absolute atomic E-state index is 0.0780. The molecular formula is C10H20N2O2S. The van der Waals surface area contributed by atoms with Crippen LogP contribution in [0.5, 0.6) is 0 Å². The summed E-state index contributed by atoms with van der Waals surface area (Å²) in [5, 5.41) is 0. The molecule has 0 rings (SSSR count). The first-order chi connectivity index (χ1) is 6.95. The van der Waals surface area contributed by atoms with Crippen molar-refractivity contribution >= 4 is 23.2 Å². The van der Waals surface area contributed by atoms with E-state index >= 15 is 0 Å². The van der Waals surface area contributed by atoms with Gasteiger partial charge < -0.3 is 10.5 Å². The van der Waals surface area contributed by atoms with Crippen LogP contribution >= 0.6 is 12.2 Å². The maximum atomic E-state index is 11.4. The molecule has 0 atom stereocenters. The van der Waals surface area contributed by atoms with Gasteiger partial charge in [0.2, 0.25) is 0 Å². The summed E-state index contributed by atoms with van der Waals surface area (Å²) >= 11 is 4.81. The van der Waals surface area contributed by atoms with Crippen LogP contribution in [-0.4, -0.2) is 41.6 Å². The minimum atomic E-state index is -0.227. The van der Waals surface area contributed by atoms with E-state index in [-0.39, 0.29) is 18.6 Å². The Hall–Kier alpha value is -0.680. The number of esters is 1. The maximum Gasteiger partial charge on any atom is 0.320 e. The van der Waals surface area contributed by atoms with Gasteiger partial charge in [0.15, 0.2) is 0 Å². The molecular weight excluding hydrogens is 212 g/mol. The number of hydrogen-bond acceptors (Lipinski definition) is 4. The third-order valence-electron chi connectivity index (χ3n) is 1.64. The Balaban J connectivity index is 4.03. The minimum Gasteiger partial charge on any atom is -0.462 e. The summed E-state index contributed by atoms with van der Waals surface area (Å²) in [7, 11) is 0. The maximum absolute atomic E-state index is 11.4. The summed E-state index contributed by atoms with van der Waals surface area (Å²) in [5.74, 6) is -0.227. The van der Waals surface area contributed by atoms with E-state index in [4.69, 9.17) is 22.7 Å². The second-order valence-corrected chi connectivity index (χ2v) is 4.24. The molecule has 0 amide bonds. The summed E-state index contributed by atoms with van der Waals surface area (Å²) in [5.41, 5.74) is 5.44. The zero-order chi connectivity index (χ0) is 11.8. The van der Waals surface area contributed by atoms with Crippen molar-refractivity contribution in [1.82, 2.24) is 4.90 Å². The lowest BCUT2D eigenvalue weighted by Crippen LogP contribution is -2.38. The van der Waals surface area contributed by atoms with Crippen LogP contribution in [0, 0.1) is 0 Å². The van der Waals surface area contributed by atoms with Crippen molar-refractivity contribution in [2.24, 2.45) is 5.73 Å². The lowest BCUT2D eigenvalue weighted by molar-refractivity contribution is -0.148. The molecule has 0 fully saturated rings. The van der Waals surface area contributed by atoms with Crippen molar-refractivity contribution in [3.05, 3.63) is 0 Å². The van der Waals surface area contributed by atoms with Crippen LogP contribution in [0.2, 0.25) is 0 Å². The molecule has 0 bridgehead atoms. The van der Waals surface area contributed by atoms with E-state index in [2.05, 4.69) is 0 Å². The van der Waals surface area contributed by atoms with Crippen LogP contribution in [0.4, 0.5) is 0 Å². The molecule has 0 saturated carbocycles. The van der Waals surface area contributed by atoms with Gasteiger partial charge in [0.05, 0.1) is 17.6 Å². The topological polar surface area (TPSA) is 55.6 Å². The lowest BCUT2D eigenvalue weighted by atomic mass is 10.4. The van der Waals surface area contributed by atoms with E-state index < -0.39 is 0 Å². The molecule has 5 heteroatoms. The van der Waals surface area contributed by atoms with E-state index in [0.29, 0.717) is 11.5 Å². The molecule has 0 aromatic carbocycles. The van der Waals surface area contributed by atoms with Gasteiger partial charge in [0.1, 0.15) is 0 Å². The molecule has 0 aromatic rings. The Labute approximate surface area is 96.8 Å². The quantitative estimate of drug-likeness (QED) is 0.523. The van der Waals surface area contributed by atoms with Gasteiger partial charge in [-0.15, -0.1) is 0 Å². The summed E-state index contributed by atoms with van der Waals surface area (Å²) < 4.78 is 5.04. The highest BCUT2D eigenvalue weighted by Crippen LogP contribution is 1.95. The molecule has 0 saturated heterocycles. The molecule has 0 aliphatic heterocycles. The highest BCUT2D eigenvalue weighted by molar-refractivity contribution is 7.80. The van der Waals surface area contributed by atoms with Crippen LogP contribution in [0.15, 0.2) is 0 Å². The molecule has 0 heterocycles. The van der Waals surface area contributed by atoms with E-state index in [0.717, 1.165) is 13.0 Å². The summed E-state index contributed by atoms with van der Waals surface area (Å²) in [6.45, 7) is 7.22. The molecule has 0 radical (unpaired) electrons. The van der Waals surface area contributed by atoms with Gasteiger partial charge in [0, 0.05) is 6.54 Å². The zero-order valence-corrected chi connectivity index (χ0v) is 10.5. The molecule has 0 spiro atoms. The van der Waals surface area contributed by atoms with E-state index in [9.17, 15) is 4.79 Å². The second kappa shape index (κ2) is 7.59. The molecule has 0 aromatic heterocycles. The third-order valence-corrected chi connectivity index (χ3v) is 1.77. The van der Waals surface area contributed by atoms with Gasteiger partial charge in [0.25, 0.3) is 0 Å². The Morgan fingerprint density at radius 1 is 1.47 bits per heavy atom. The molecule has 0 aliphatic rings. The molecule has 0 aliphatic carbocycles. The first kappa shape index (κ1) is 14.3. The molecule has 88 valence electrons. The zero-order valence-electron chi connectivity index (χ0n) is 9.66. The summed E-state index contributed by atoms with van der Waals surface area (Å²) in [4.78, 5) is 13.7. The second-order valence-electron chi connectivity index (χ2n) is 3.72. The van der Waals surface area contributed by atoms with Crippen LogP contribution in [0.25, 0.3) is 0 Å². The normalized spacial score (nSPS) is 10.7. The number of ether oxygens (including phenoxy) is 1. The average Bonchev–Trinajstić information content (AvgIpc) is 2.00. The van der Waals surface area contributed by atoms with E-state index in [1.165, 1.54) is 0 Å². The highest BCUT2D eigenvalue weighted by atomic mass is 32.1. The molecule has 4 nitrogen and oxygen atoms in total. The standard InChI is InChI=1S/C10H20N2O2S/c1-4-5-12(6-9(11)15)7-10(13)14-8(2)3/h8H,4-7H2,1-3H3,(H2,11,15). The van der Waals surface area contributed by atoms with Crippen molar-refractivity contribution in [2.75, 3.05) is 19.6 Å². The first-order valence-corrected chi connectivity index (χ1v) is 5.56. The number of rotatable bonds is 7.